The van der Waals surface area contributed by atoms with Crippen molar-refractivity contribution in [2.45, 2.75) is 52.1 Å². The van der Waals surface area contributed by atoms with Gasteiger partial charge in [-0.3, -0.25) is 9.67 Å². The summed E-state index contributed by atoms with van der Waals surface area (Å²) in [4.78, 5) is 4.20. The molecule has 21 heavy (non-hydrogen) atoms. The Morgan fingerprint density at radius 2 is 2.10 bits per heavy atom. The second-order valence-corrected chi connectivity index (χ2v) is 5.80. The highest BCUT2D eigenvalue weighted by Crippen LogP contribution is 2.09. The van der Waals surface area contributed by atoms with Crippen LogP contribution in [-0.2, 0) is 12.8 Å². The first-order valence-corrected chi connectivity index (χ1v) is 7.85. The van der Waals surface area contributed by atoms with E-state index in [1.54, 1.807) is 0 Å². The third kappa shape index (κ3) is 4.97. The van der Waals surface area contributed by atoms with E-state index in [4.69, 9.17) is 0 Å². The zero-order valence-corrected chi connectivity index (χ0v) is 13.3. The Kier molecular flexibility index (Phi) is 5.93. The highest BCUT2D eigenvalue weighted by Gasteiger charge is 2.12. The summed E-state index contributed by atoms with van der Waals surface area (Å²) in [6, 6.07) is 7.09. The predicted octanol–water partition coefficient (Wildman–Crippen LogP) is 3.01. The average molecular weight is 286 g/mol. The summed E-state index contributed by atoms with van der Waals surface area (Å²) in [7, 11) is 0. The van der Waals surface area contributed by atoms with Gasteiger partial charge in [-0.25, -0.2) is 0 Å². The Bertz CT molecular complexity index is 519. The van der Waals surface area contributed by atoms with Crippen LogP contribution in [0.25, 0.3) is 0 Å². The van der Waals surface area contributed by atoms with Crippen LogP contribution in [-0.4, -0.2) is 27.4 Å². The molecule has 0 aliphatic heterocycles. The third-order valence-electron chi connectivity index (χ3n) is 3.54. The summed E-state index contributed by atoms with van der Waals surface area (Å²) in [5.41, 5.74) is 2.43. The molecule has 0 fully saturated rings. The van der Waals surface area contributed by atoms with Gasteiger partial charge in [-0.1, -0.05) is 13.0 Å². The van der Waals surface area contributed by atoms with Crippen molar-refractivity contribution in [3.8, 4) is 0 Å². The van der Waals surface area contributed by atoms with Gasteiger partial charge in [-0.2, -0.15) is 5.10 Å². The monoisotopic (exact) mass is 286 g/mol. The van der Waals surface area contributed by atoms with Gasteiger partial charge in [0.15, 0.2) is 0 Å². The topological polar surface area (TPSA) is 42.7 Å². The van der Waals surface area contributed by atoms with Gasteiger partial charge in [0.05, 0.1) is 5.69 Å². The van der Waals surface area contributed by atoms with Crippen molar-refractivity contribution in [3.63, 3.8) is 0 Å². The van der Waals surface area contributed by atoms with Gasteiger partial charge in [-0.05, 0) is 50.9 Å². The third-order valence-corrected chi connectivity index (χ3v) is 3.54. The Morgan fingerprint density at radius 3 is 2.71 bits per heavy atom. The van der Waals surface area contributed by atoms with Crippen molar-refractivity contribution in [2.24, 2.45) is 0 Å². The minimum Gasteiger partial charge on any atom is -0.313 e. The van der Waals surface area contributed by atoms with E-state index < -0.39 is 0 Å². The summed E-state index contributed by atoms with van der Waals surface area (Å²) < 4.78 is 2.02. The van der Waals surface area contributed by atoms with E-state index in [1.807, 2.05) is 23.1 Å². The molecule has 4 heteroatoms. The number of hydrogen-bond acceptors (Lipinski definition) is 3. The summed E-state index contributed by atoms with van der Waals surface area (Å²) in [5.74, 6) is 0. The van der Waals surface area contributed by atoms with Crippen molar-refractivity contribution in [3.05, 3.63) is 48.0 Å². The maximum atomic E-state index is 4.66. The lowest BCUT2D eigenvalue weighted by Crippen LogP contribution is -2.34. The van der Waals surface area contributed by atoms with E-state index in [1.165, 1.54) is 5.56 Å². The molecular formula is C17H26N4. The van der Waals surface area contributed by atoms with E-state index in [0.717, 1.165) is 31.5 Å². The molecule has 2 aromatic rings. The standard InChI is InChI=1S/C17H26N4/c1-4-8-19-17(11-15-6-5-9-18-13-15)12-16-7-10-21(20-16)14(2)3/h5-7,9-10,13-14,17,19H,4,8,11-12H2,1-3H3. The molecule has 2 aromatic heterocycles. The highest BCUT2D eigenvalue weighted by atomic mass is 15.3. The number of aromatic nitrogens is 3. The zero-order valence-electron chi connectivity index (χ0n) is 13.3. The molecular weight excluding hydrogens is 260 g/mol. The maximum Gasteiger partial charge on any atom is 0.0640 e. The van der Waals surface area contributed by atoms with Gasteiger partial charge >= 0.3 is 0 Å². The fourth-order valence-electron chi connectivity index (χ4n) is 2.39. The molecule has 114 valence electrons. The lowest BCUT2D eigenvalue weighted by Gasteiger charge is -2.17. The van der Waals surface area contributed by atoms with Gasteiger partial charge in [0.25, 0.3) is 0 Å². The molecule has 0 aromatic carbocycles. The first-order valence-electron chi connectivity index (χ1n) is 7.85. The van der Waals surface area contributed by atoms with E-state index in [0.29, 0.717) is 12.1 Å². The average Bonchev–Trinajstić information content (AvgIpc) is 2.94. The van der Waals surface area contributed by atoms with Crippen LogP contribution in [0, 0.1) is 0 Å². The molecule has 0 saturated heterocycles. The first kappa shape index (κ1) is 15.7. The van der Waals surface area contributed by atoms with E-state index in [-0.39, 0.29) is 0 Å². The van der Waals surface area contributed by atoms with Crippen LogP contribution in [0.3, 0.4) is 0 Å². The van der Waals surface area contributed by atoms with Crippen molar-refractivity contribution in [1.29, 1.82) is 0 Å². The van der Waals surface area contributed by atoms with Crippen LogP contribution < -0.4 is 5.32 Å². The predicted molar refractivity (Wildman–Crippen MR) is 86.3 cm³/mol. The number of pyridine rings is 1. The quantitative estimate of drug-likeness (QED) is 0.811. The molecule has 0 amide bonds. The summed E-state index contributed by atoms with van der Waals surface area (Å²) in [6.07, 6.45) is 8.93. The minimum atomic E-state index is 0.407. The van der Waals surface area contributed by atoms with Gasteiger partial charge in [0, 0.05) is 37.1 Å². The number of rotatable bonds is 8. The fourth-order valence-corrected chi connectivity index (χ4v) is 2.39. The number of nitrogens with zero attached hydrogens (tertiary/aromatic N) is 3. The van der Waals surface area contributed by atoms with Crippen LogP contribution in [0.15, 0.2) is 36.8 Å². The van der Waals surface area contributed by atoms with Crippen LogP contribution in [0.1, 0.15) is 44.5 Å². The SMILES string of the molecule is CCCNC(Cc1cccnc1)Cc1ccn(C(C)C)n1. The number of hydrogen-bond donors (Lipinski definition) is 1. The van der Waals surface area contributed by atoms with Gasteiger partial charge in [0.2, 0.25) is 0 Å². The normalized spacial score (nSPS) is 12.8. The fraction of sp³-hybridized carbons (Fsp3) is 0.529. The van der Waals surface area contributed by atoms with Gasteiger partial charge in [-0.15, -0.1) is 0 Å². The Labute approximate surface area is 127 Å². The molecule has 0 aliphatic carbocycles. The van der Waals surface area contributed by atoms with E-state index >= 15 is 0 Å². The van der Waals surface area contributed by atoms with Crippen LogP contribution >= 0.6 is 0 Å². The maximum absolute atomic E-state index is 4.66. The summed E-state index contributed by atoms with van der Waals surface area (Å²) in [6.45, 7) is 7.54. The molecule has 0 aliphatic rings. The molecule has 1 unspecified atom stereocenters. The number of nitrogens with one attached hydrogen (secondary N) is 1. The van der Waals surface area contributed by atoms with E-state index in [2.05, 4.69) is 54.5 Å². The zero-order chi connectivity index (χ0) is 15.1. The summed E-state index contributed by atoms with van der Waals surface area (Å²) >= 11 is 0. The minimum absolute atomic E-state index is 0.407. The van der Waals surface area contributed by atoms with Gasteiger partial charge in [0.1, 0.15) is 0 Å². The second kappa shape index (κ2) is 7.93. The van der Waals surface area contributed by atoms with Crippen molar-refractivity contribution < 1.29 is 0 Å². The smallest absolute Gasteiger partial charge is 0.0640 e. The molecule has 2 heterocycles. The second-order valence-electron chi connectivity index (χ2n) is 5.80. The van der Waals surface area contributed by atoms with E-state index in [9.17, 15) is 0 Å². The Hall–Kier alpha value is -1.68. The summed E-state index contributed by atoms with van der Waals surface area (Å²) in [5, 5.41) is 8.29. The Morgan fingerprint density at radius 1 is 1.24 bits per heavy atom. The first-order chi connectivity index (χ1) is 10.2. The van der Waals surface area contributed by atoms with Crippen molar-refractivity contribution in [1.82, 2.24) is 20.1 Å². The molecule has 0 radical (unpaired) electrons. The molecule has 4 nitrogen and oxygen atoms in total. The molecule has 2 rings (SSSR count). The van der Waals surface area contributed by atoms with Gasteiger partial charge < -0.3 is 5.32 Å². The molecule has 0 spiro atoms. The van der Waals surface area contributed by atoms with Crippen LogP contribution in [0.4, 0.5) is 0 Å². The molecule has 0 saturated carbocycles. The Balaban J connectivity index is 2.01. The lowest BCUT2D eigenvalue weighted by atomic mass is 10.0. The highest BCUT2D eigenvalue weighted by molar-refractivity contribution is 5.12. The van der Waals surface area contributed by atoms with Crippen molar-refractivity contribution >= 4 is 0 Å². The van der Waals surface area contributed by atoms with Crippen LogP contribution in [0.5, 0.6) is 0 Å². The van der Waals surface area contributed by atoms with Crippen molar-refractivity contribution in [2.75, 3.05) is 6.54 Å². The largest absolute Gasteiger partial charge is 0.313 e. The van der Waals surface area contributed by atoms with Crippen LogP contribution in [0.2, 0.25) is 0 Å². The molecule has 1 atom stereocenters. The lowest BCUT2D eigenvalue weighted by molar-refractivity contribution is 0.485. The molecule has 1 N–H and O–H groups in total. The molecule has 0 bridgehead atoms.